The summed E-state index contributed by atoms with van der Waals surface area (Å²) in [5.41, 5.74) is 0.697. The number of carboxylic acid groups (broad SMARTS) is 1. The number of benzene rings is 1. The number of likely N-dealkylation sites (N-methyl/N-ethyl adjacent to an activating group) is 2. The second kappa shape index (κ2) is 19.9. The van der Waals surface area contributed by atoms with Crippen molar-refractivity contribution in [1.82, 2.24) is 25.3 Å². The highest BCUT2D eigenvalue weighted by molar-refractivity contribution is 5.91. The highest BCUT2D eigenvalue weighted by Crippen LogP contribution is 2.50. The smallest absolute Gasteiger partial charge is 0.407 e. The van der Waals surface area contributed by atoms with E-state index in [0.29, 0.717) is 24.3 Å². The molecule has 0 radical (unpaired) electrons. The number of likely N-dealkylation sites (tertiary alicyclic amines) is 1. The van der Waals surface area contributed by atoms with Crippen LogP contribution in [0.25, 0.3) is 0 Å². The third-order valence-corrected chi connectivity index (χ3v) is 11.9. The number of hydrogen-bond acceptors (Lipinski definition) is 8. The maximum atomic E-state index is 14.4. The van der Waals surface area contributed by atoms with Crippen LogP contribution in [-0.4, -0.2) is 131 Å². The molecule has 1 saturated heterocycles. The number of carbonyl (C=O) groups is 5. The van der Waals surface area contributed by atoms with Crippen molar-refractivity contribution in [3.63, 3.8) is 0 Å². The number of fused-ring (bicyclic) bond motifs is 1. The Morgan fingerprint density at radius 1 is 0.873 bits per heavy atom. The standard InChI is InChI=1S/C41H67N5O9/c1-13-24(6)35(44(9)40(51)33(22(2)3)43-39(50)34(23(4)5)45(10)41(52)53)31(54-11)21-32(47)46-29-19-28(29)20-30(46)37(55-12)25(7)38(49)42-26(8)36(48)27-17-15-14-16-18-27/h14-18,22-26,28-31,33-37,48H,13,19-21H2,1-12H3,(H,42,49)(H,43,50)(H,52,53)/t24-,25+,26+,28-,29-,30-,31+,33?,34?,35-,36+,37+/m0/s1. The average molecular weight is 774 g/mol. The summed E-state index contributed by atoms with van der Waals surface area (Å²) in [6.07, 6.45) is -1.20. The lowest BCUT2D eigenvalue weighted by atomic mass is 9.89. The fraction of sp³-hybridized carbons (Fsp3) is 0.732. The molecule has 12 atom stereocenters. The Morgan fingerprint density at radius 3 is 2.00 bits per heavy atom. The summed E-state index contributed by atoms with van der Waals surface area (Å²) in [5, 5.41) is 26.3. The minimum atomic E-state index is -1.25. The quantitative estimate of drug-likeness (QED) is 0.153. The van der Waals surface area contributed by atoms with Gasteiger partial charge in [-0.1, -0.05) is 85.2 Å². The Bertz CT molecular complexity index is 1460. The number of piperidine rings is 1. The van der Waals surface area contributed by atoms with E-state index in [-0.39, 0.29) is 54.0 Å². The van der Waals surface area contributed by atoms with Crippen LogP contribution in [0, 0.1) is 29.6 Å². The van der Waals surface area contributed by atoms with Crippen LogP contribution in [0.4, 0.5) is 4.79 Å². The summed E-state index contributed by atoms with van der Waals surface area (Å²) in [6.45, 7) is 14.7. The van der Waals surface area contributed by atoms with Gasteiger partial charge in [-0.15, -0.1) is 0 Å². The average Bonchev–Trinajstić information content (AvgIpc) is 3.81. The predicted octanol–water partition coefficient (Wildman–Crippen LogP) is 3.92. The van der Waals surface area contributed by atoms with Gasteiger partial charge in [0, 0.05) is 34.4 Å². The van der Waals surface area contributed by atoms with Gasteiger partial charge in [0.15, 0.2) is 0 Å². The van der Waals surface area contributed by atoms with Crippen molar-refractivity contribution in [1.29, 1.82) is 0 Å². The van der Waals surface area contributed by atoms with E-state index in [9.17, 15) is 34.2 Å². The van der Waals surface area contributed by atoms with Gasteiger partial charge in [0.05, 0.1) is 48.8 Å². The molecule has 1 aliphatic heterocycles. The molecular weight excluding hydrogens is 706 g/mol. The van der Waals surface area contributed by atoms with E-state index < -0.39 is 60.4 Å². The number of nitrogens with one attached hydrogen (secondary N) is 2. The summed E-state index contributed by atoms with van der Waals surface area (Å²) in [6, 6.07) is 5.76. The Kier molecular flexibility index (Phi) is 16.5. The molecule has 1 saturated carbocycles. The van der Waals surface area contributed by atoms with Crippen molar-refractivity contribution in [3.8, 4) is 0 Å². The first-order valence-electron chi connectivity index (χ1n) is 19.7. The van der Waals surface area contributed by atoms with Gasteiger partial charge in [0.25, 0.3) is 0 Å². The number of rotatable bonds is 20. The molecule has 1 aromatic rings. The third kappa shape index (κ3) is 10.8. The number of carbonyl (C=O) groups excluding carboxylic acids is 4. The van der Waals surface area contributed by atoms with Gasteiger partial charge >= 0.3 is 6.09 Å². The largest absolute Gasteiger partial charge is 0.465 e. The van der Waals surface area contributed by atoms with Gasteiger partial charge in [0.1, 0.15) is 12.1 Å². The van der Waals surface area contributed by atoms with E-state index in [1.807, 2.05) is 62.9 Å². The normalized spacial score (nSPS) is 22.7. The van der Waals surface area contributed by atoms with E-state index >= 15 is 0 Å². The number of methoxy groups -OCH3 is 2. The van der Waals surface area contributed by atoms with Gasteiger partial charge in [-0.05, 0) is 49.0 Å². The summed E-state index contributed by atoms with van der Waals surface area (Å²) in [4.78, 5) is 71.9. The molecule has 4 N–H and O–H groups in total. The molecule has 0 aromatic heterocycles. The molecule has 310 valence electrons. The highest BCUT2D eigenvalue weighted by Gasteiger charge is 2.57. The second-order valence-electron chi connectivity index (χ2n) is 16.4. The zero-order chi connectivity index (χ0) is 41.5. The Labute approximate surface area is 327 Å². The van der Waals surface area contributed by atoms with Crippen molar-refractivity contribution in [2.75, 3.05) is 28.3 Å². The summed E-state index contributed by atoms with van der Waals surface area (Å²) < 4.78 is 12.0. The van der Waals surface area contributed by atoms with Crippen LogP contribution in [0.3, 0.4) is 0 Å². The van der Waals surface area contributed by atoms with Gasteiger partial charge < -0.3 is 40.1 Å². The summed E-state index contributed by atoms with van der Waals surface area (Å²) in [7, 11) is 6.07. The minimum absolute atomic E-state index is 0.0162. The van der Waals surface area contributed by atoms with Crippen LogP contribution < -0.4 is 10.6 Å². The predicted molar refractivity (Wildman–Crippen MR) is 209 cm³/mol. The minimum Gasteiger partial charge on any atom is -0.465 e. The molecule has 2 fully saturated rings. The maximum Gasteiger partial charge on any atom is 0.407 e. The lowest BCUT2D eigenvalue weighted by Gasteiger charge is -2.41. The number of ether oxygens (including phenoxy) is 2. The lowest BCUT2D eigenvalue weighted by molar-refractivity contribution is -0.149. The second-order valence-corrected chi connectivity index (χ2v) is 16.4. The van der Waals surface area contributed by atoms with Gasteiger partial charge in [-0.25, -0.2) is 4.79 Å². The highest BCUT2D eigenvalue weighted by atomic mass is 16.5. The summed E-state index contributed by atoms with van der Waals surface area (Å²) >= 11 is 0. The Morgan fingerprint density at radius 2 is 1.49 bits per heavy atom. The Balaban J connectivity index is 1.80. The molecule has 5 amide bonds. The first-order chi connectivity index (χ1) is 25.8. The molecule has 1 aromatic carbocycles. The molecule has 1 heterocycles. The monoisotopic (exact) mass is 773 g/mol. The van der Waals surface area contributed by atoms with Crippen LogP contribution in [0.5, 0.6) is 0 Å². The lowest BCUT2D eigenvalue weighted by Crippen LogP contribution is -2.60. The van der Waals surface area contributed by atoms with Crippen LogP contribution in [0.2, 0.25) is 0 Å². The molecule has 2 unspecified atom stereocenters. The molecule has 14 nitrogen and oxygen atoms in total. The van der Waals surface area contributed by atoms with E-state index in [4.69, 9.17) is 9.47 Å². The van der Waals surface area contributed by atoms with Crippen molar-refractivity contribution in [2.24, 2.45) is 29.6 Å². The first kappa shape index (κ1) is 45.6. The molecule has 55 heavy (non-hydrogen) atoms. The van der Waals surface area contributed by atoms with Gasteiger partial charge in [-0.3, -0.25) is 24.1 Å². The fourth-order valence-electron chi connectivity index (χ4n) is 8.40. The molecular formula is C41H67N5O9. The van der Waals surface area contributed by atoms with Gasteiger partial charge in [0.2, 0.25) is 23.6 Å². The zero-order valence-corrected chi connectivity index (χ0v) is 34.9. The Hall–Kier alpha value is -3.75. The van der Waals surface area contributed by atoms with E-state index in [1.165, 1.54) is 14.2 Å². The van der Waals surface area contributed by atoms with E-state index in [1.54, 1.807) is 46.8 Å². The summed E-state index contributed by atoms with van der Waals surface area (Å²) in [5.74, 6) is -2.44. The maximum absolute atomic E-state index is 14.4. The molecule has 2 aliphatic rings. The van der Waals surface area contributed by atoms with Crippen molar-refractivity contribution in [2.45, 2.75) is 136 Å². The van der Waals surface area contributed by atoms with Crippen LogP contribution in [0.1, 0.15) is 92.7 Å². The van der Waals surface area contributed by atoms with Crippen LogP contribution in [-0.2, 0) is 28.7 Å². The van der Waals surface area contributed by atoms with Crippen molar-refractivity contribution in [3.05, 3.63) is 35.9 Å². The van der Waals surface area contributed by atoms with E-state index in [0.717, 1.165) is 11.3 Å². The van der Waals surface area contributed by atoms with Crippen molar-refractivity contribution < 1.29 is 43.7 Å². The van der Waals surface area contributed by atoms with Crippen molar-refractivity contribution >= 4 is 29.7 Å². The number of amides is 5. The number of hydrogen-bond donors (Lipinski definition) is 4. The zero-order valence-electron chi connectivity index (χ0n) is 34.9. The number of nitrogens with zero attached hydrogens (tertiary/aromatic N) is 3. The van der Waals surface area contributed by atoms with Crippen LogP contribution >= 0.6 is 0 Å². The third-order valence-electron chi connectivity index (χ3n) is 11.9. The van der Waals surface area contributed by atoms with Gasteiger partial charge in [-0.2, -0.15) is 0 Å². The molecule has 0 spiro atoms. The molecule has 14 heteroatoms. The SMILES string of the molecule is CC[C@H](C)[C@@H]([C@@H](CC(=O)N1[C@H]2C[C@H]2C[C@H]1[C@H](OC)[C@@H](C)C(=O)N[C@H](C)[C@@H](O)c1ccccc1)OC)N(C)C(=O)C(NC(=O)C(C(C)C)N(C)C(=O)O)C(C)C. The topological polar surface area (TPSA) is 178 Å². The molecule has 0 bridgehead atoms. The number of aliphatic hydroxyl groups excluding tert-OH is 1. The first-order valence-corrected chi connectivity index (χ1v) is 19.7. The molecule has 3 rings (SSSR count). The number of aliphatic hydroxyl groups is 1. The van der Waals surface area contributed by atoms with E-state index in [2.05, 4.69) is 10.6 Å². The fourth-order valence-corrected chi connectivity index (χ4v) is 8.40. The van der Waals surface area contributed by atoms with Crippen LogP contribution in [0.15, 0.2) is 30.3 Å². The molecule has 1 aliphatic carbocycles.